The summed E-state index contributed by atoms with van der Waals surface area (Å²) in [6, 6.07) is 3.48. The lowest BCUT2D eigenvalue weighted by molar-refractivity contribution is 0.0695. The van der Waals surface area contributed by atoms with E-state index in [0.717, 1.165) is 35.4 Å². The Balaban J connectivity index is 1.77. The van der Waals surface area contributed by atoms with Crippen LogP contribution in [0.2, 0.25) is 0 Å². The molecular formula is C21H17F3N4O3. The molecule has 2 aliphatic rings. The van der Waals surface area contributed by atoms with Crippen LogP contribution < -0.4 is 16.1 Å². The number of benzene rings is 1. The number of hydrogen-bond donors (Lipinski definition) is 2. The average Bonchev–Trinajstić information content (AvgIpc) is 3.49. The molecule has 3 heterocycles. The van der Waals surface area contributed by atoms with E-state index in [1.807, 2.05) is 0 Å². The number of pyridine rings is 2. The maximum Gasteiger partial charge on any atom is 0.341 e. The number of halogens is 3. The quantitative estimate of drug-likeness (QED) is 0.661. The average molecular weight is 430 g/mol. The summed E-state index contributed by atoms with van der Waals surface area (Å²) in [5, 5.41) is 9.07. The van der Waals surface area contributed by atoms with Gasteiger partial charge in [0.25, 0.3) is 0 Å². The number of carbonyl (C=O) groups is 1. The third-order valence-electron chi connectivity index (χ3n) is 6.03. The van der Waals surface area contributed by atoms with Gasteiger partial charge < -0.3 is 15.7 Å². The number of carboxylic acids is 1. The van der Waals surface area contributed by atoms with Crippen molar-refractivity contribution < 1.29 is 23.1 Å². The predicted molar refractivity (Wildman–Crippen MR) is 106 cm³/mol. The van der Waals surface area contributed by atoms with Crippen LogP contribution in [0.3, 0.4) is 0 Å². The maximum absolute atomic E-state index is 15.0. The van der Waals surface area contributed by atoms with Gasteiger partial charge in [0.1, 0.15) is 17.2 Å². The molecule has 160 valence electrons. The van der Waals surface area contributed by atoms with Gasteiger partial charge in [-0.15, -0.1) is 0 Å². The molecule has 3 N–H and O–H groups in total. The first-order valence-electron chi connectivity index (χ1n) is 9.69. The summed E-state index contributed by atoms with van der Waals surface area (Å²) in [5.74, 6) is -3.48. The molecule has 2 fully saturated rings. The minimum absolute atomic E-state index is 0.0490. The SMILES string of the molecule is N[C@@H]1CN(c2nc3c(cc2F)c(=O)c(C(=O)O)cn3-c2ccc(F)cc2F)C[C@@H]2C[C@@H]21. The van der Waals surface area contributed by atoms with Gasteiger partial charge in [-0.3, -0.25) is 9.36 Å². The van der Waals surface area contributed by atoms with Crippen molar-refractivity contribution >= 4 is 22.8 Å². The molecule has 0 radical (unpaired) electrons. The van der Waals surface area contributed by atoms with Crippen molar-refractivity contribution in [1.82, 2.24) is 9.55 Å². The van der Waals surface area contributed by atoms with Crippen LogP contribution in [0, 0.1) is 29.3 Å². The Bertz CT molecular complexity index is 1310. The van der Waals surface area contributed by atoms with E-state index in [1.165, 1.54) is 0 Å². The molecule has 1 saturated heterocycles. The first-order valence-corrected chi connectivity index (χ1v) is 9.69. The van der Waals surface area contributed by atoms with E-state index in [4.69, 9.17) is 5.73 Å². The second-order valence-electron chi connectivity index (χ2n) is 8.04. The molecule has 2 aromatic heterocycles. The van der Waals surface area contributed by atoms with Crippen molar-refractivity contribution in [1.29, 1.82) is 0 Å². The highest BCUT2D eigenvalue weighted by atomic mass is 19.1. The molecule has 7 nitrogen and oxygen atoms in total. The highest BCUT2D eigenvalue weighted by molar-refractivity contribution is 5.92. The largest absolute Gasteiger partial charge is 0.477 e. The molecule has 5 rings (SSSR count). The molecule has 10 heteroatoms. The second-order valence-corrected chi connectivity index (χ2v) is 8.04. The van der Waals surface area contributed by atoms with Gasteiger partial charge in [-0.1, -0.05) is 0 Å². The van der Waals surface area contributed by atoms with E-state index < -0.39 is 34.4 Å². The van der Waals surface area contributed by atoms with Gasteiger partial charge in [-0.05, 0) is 36.5 Å². The molecule has 3 aromatic rings. The fourth-order valence-electron chi connectivity index (χ4n) is 4.37. The Morgan fingerprint density at radius 1 is 1.16 bits per heavy atom. The fourth-order valence-corrected chi connectivity index (χ4v) is 4.37. The van der Waals surface area contributed by atoms with Gasteiger partial charge in [0.15, 0.2) is 17.3 Å². The number of aromatic carboxylic acids is 1. The zero-order valence-electron chi connectivity index (χ0n) is 16.1. The zero-order valence-corrected chi connectivity index (χ0v) is 16.1. The van der Waals surface area contributed by atoms with E-state index in [1.54, 1.807) is 4.90 Å². The van der Waals surface area contributed by atoms with E-state index >= 15 is 0 Å². The second kappa shape index (κ2) is 6.81. The van der Waals surface area contributed by atoms with Crippen LogP contribution in [0.1, 0.15) is 16.8 Å². The summed E-state index contributed by atoms with van der Waals surface area (Å²) in [4.78, 5) is 30.2. The lowest BCUT2D eigenvalue weighted by Crippen LogP contribution is -2.45. The Hall–Kier alpha value is -3.40. The van der Waals surface area contributed by atoms with Crippen LogP contribution in [0.5, 0.6) is 0 Å². The van der Waals surface area contributed by atoms with Gasteiger partial charge >= 0.3 is 5.97 Å². The van der Waals surface area contributed by atoms with Crippen molar-refractivity contribution in [2.24, 2.45) is 17.6 Å². The molecule has 1 aliphatic carbocycles. The Kier molecular flexibility index (Phi) is 4.30. The fraction of sp³-hybridized carbons (Fsp3) is 0.286. The van der Waals surface area contributed by atoms with Crippen LogP contribution >= 0.6 is 0 Å². The number of hydrogen-bond acceptors (Lipinski definition) is 5. The number of aromatic nitrogens is 2. The third kappa shape index (κ3) is 3.14. The third-order valence-corrected chi connectivity index (χ3v) is 6.03. The van der Waals surface area contributed by atoms with E-state index in [9.17, 15) is 27.9 Å². The summed E-state index contributed by atoms with van der Waals surface area (Å²) >= 11 is 0. The van der Waals surface area contributed by atoms with E-state index in [-0.39, 0.29) is 28.6 Å². The lowest BCUT2D eigenvalue weighted by atomic mass is 10.1. The number of rotatable bonds is 3. The van der Waals surface area contributed by atoms with Crippen LogP contribution in [0.4, 0.5) is 19.0 Å². The Morgan fingerprint density at radius 2 is 1.94 bits per heavy atom. The monoisotopic (exact) mass is 430 g/mol. The van der Waals surface area contributed by atoms with E-state index in [0.29, 0.717) is 31.0 Å². The van der Waals surface area contributed by atoms with Gasteiger partial charge in [0.2, 0.25) is 5.43 Å². The first-order chi connectivity index (χ1) is 14.7. The number of fused-ring (bicyclic) bond motifs is 2. The zero-order chi connectivity index (χ0) is 22.0. The van der Waals surface area contributed by atoms with Gasteiger partial charge in [-0.2, -0.15) is 0 Å². The molecule has 3 atom stereocenters. The van der Waals surface area contributed by atoms with Crippen molar-refractivity contribution in [3.05, 3.63) is 63.7 Å². The van der Waals surface area contributed by atoms with Crippen LogP contribution in [0.15, 0.2) is 35.3 Å². The first kappa shape index (κ1) is 19.6. The summed E-state index contributed by atoms with van der Waals surface area (Å²) < 4.78 is 43.9. The minimum Gasteiger partial charge on any atom is -0.477 e. The van der Waals surface area contributed by atoms with Gasteiger partial charge in [0, 0.05) is 31.4 Å². The molecule has 0 amide bonds. The topological polar surface area (TPSA) is 101 Å². The Morgan fingerprint density at radius 3 is 2.61 bits per heavy atom. The van der Waals surface area contributed by atoms with Crippen molar-refractivity contribution in [3.63, 3.8) is 0 Å². The van der Waals surface area contributed by atoms with Crippen LogP contribution in [0.25, 0.3) is 16.7 Å². The van der Waals surface area contributed by atoms with Crippen LogP contribution in [-0.4, -0.2) is 39.8 Å². The number of nitrogens with two attached hydrogens (primary N) is 1. The summed E-state index contributed by atoms with van der Waals surface area (Å²) in [6.07, 6.45) is 1.87. The summed E-state index contributed by atoms with van der Waals surface area (Å²) in [6.45, 7) is 0.926. The molecule has 1 aliphatic heterocycles. The van der Waals surface area contributed by atoms with Crippen LogP contribution in [-0.2, 0) is 0 Å². The molecule has 0 bridgehead atoms. The highest BCUT2D eigenvalue weighted by Crippen LogP contribution is 2.45. The molecule has 31 heavy (non-hydrogen) atoms. The number of nitrogens with zero attached hydrogens (tertiary/aromatic N) is 3. The molecule has 0 unspecified atom stereocenters. The number of anilines is 1. The van der Waals surface area contributed by atoms with Crippen molar-refractivity contribution in [2.45, 2.75) is 12.5 Å². The normalized spacial score (nSPS) is 22.5. The summed E-state index contributed by atoms with van der Waals surface area (Å²) in [7, 11) is 0. The number of piperidine rings is 1. The maximum atomic E-state index is 15.0. The standard InChI is InChI=1S/C21H17F3N4O3/c22-10-1-2-17(14(23)4-10)28-7-13(21(30)31)18(29)12-5-15(24)20(26-19(12)28)27-6-9-3-11(9)16(25)8-27/h1-2,4-5,7,9,11,16H,3,6,8,25H2,(H,30,31)/t9-,11-,16+/m0/s1. The molecule has 1 saturated carbocycles. The Labute approximate surface area is 173 Å². The molecule has 0 spiro atoms. The molecular weight excluding hydrogens is 413 g/mol. The molecule has 1 aromatic carbocycles. The van der Waals surface area contributed by atoms with E-state index in [2.05, 4.69) is 4.98 Å². The van der Waals surface area contributed by atoms with Crippen molar-refractivity contribution in [3.8, 4) is 5.69 Å². The minimum atomic E-state index is -1.56. The smallest absolute Gasteiger partial charge is 0.341 e. The predicted octanol–water partition coefficient (Wildman–Crippen LogP) is 2.28. The number of carboxylic acid groups (broad SMARTS) is 1. The van der Waals surface area contributed by atoms with Gasteiger partial charge in [-0.25, -0.2) is 22.9 Å². The lowest BCUT2D eigenvalue weighted by Gasteiger charge is -2.31. The highest BCUT2D eigenvalue weighted by Gasteiger charge is 2.47. The summed E-state index contributed by atoms with van der Waals surface area (Å²) in [5.41, 5.74) is 4.15. The van der Waals surface area contributed by atoms with Gasteiger partial charge in [0.05, 0.1) is 11.1 Å². The van der Waals surface area contributed by atoms with Crippen molar-refractivity contribution in [2.75, 3.05) is 18.0 Å².